The molecule has 5 nitrogen and oxygen atoms in total. The van der Waals surface area contributed by atoms with Gasteiger partial charge < -0.3 is 15.8 Å². The van der Waals surface area contributed by atoms with Crippen LogP contribution in [0.5, 0.6) is 5.75 Å². The van der Waals surface area contributed by atoms with E-state index in [0.29, 0.717) is 11.4 Å². The first-order valence-corrected chi connectivity index (χ1v) is 6.06. The monoisotopic (exact) mass is 285 g/mol. The maximum atomic E-state index is 13.5. The summed E-state index contributed by atoms with van der Waals surface area (Å²) >= 11 is 0. The van der Waals surface area contributed by atoms with E-state index in [1.165, 1.54) is 12.1 Å². The Labute approximate surface area is 120 Å². The summed E-state index contributed by atoms with van der Waals surface area (Å²) in [5, 5.41) is 11.2. The first-order chi connectivity index (χ1) is 10.1. The lowest BCUT2D eigenvalue weighted by Crippen LogP contribution is -2.20. The highest BCUT2D eigenvalue weighted by Crippen LogP contribution is 2.18. The van der Waals surface area contributed by atoms with Crippen LogP contribution in [-0.2, 0) is 4.79 Å². The predicted octanol–water partition coefficient (Wildman–Crippen LogP) is 2.30. The van der Waals surface area contributed by atoms with Crippen molar-refractivity contribution in [2.75, 3.05) is 17.7 Å². The second-order valence-corrected chi connectivity index (χ2v) is 4.22. The summed E-state index contributed by atoms with van der Waals surface area (Å²) in [5.41, 5.74) is 6.82. The summed E-state index contributed by atoms with van der Waals surface area (Å²) in [5.74, 6) is -1.22. The second-order valence-electron chi connectivity index (χ2n) is 4.22. The molecule has 0 unspecified atom stereocenters. The van der Waals surface area contributed by atoms with Crippen LogP contribution in [0.3, 0.4) is 0 Å². The summed E-state index contributed by atoms with van der Waals surface area (Å²) < 4.78 is 18.6. The molecule has 0 atom stereocenters. The third-order valence-corrected chi connectivity index (χ3v) is 2.59. The fraction of sp³-hybridized carbons (Fsp3) is 0.0667. The van der Waals surface area contributed by atoms with Crippen molar-refractivity contribution < 1.29 is 13.9 Å². The number of hydrogen-bond donors (Lipinski definition) is 2. The number of anilines is 2. The average Bonchev–Trinajstić information content (AvgIpc) is 2.46. The molecule has 0 aliphatic carbocycles. The normalized spacial score (nSPS) is 9.71. The molecule has 0 aliphatic rings. The molecule has 2 aromatic rings. The molecule has 6 heteroatoms. The minimum atomic E-state index is -0.689. The molecular formula is C15H12FN3O2. The number of nitriles is 1. The van der Waals surface area contributed by atoms with Crippen LogP contribution in [-0.4, -0.2) is 12.5 Å². The van der Waals surface area contributed by atoms with Crippen molar-refractivity contribution in [3.63, 3.8) is 0 Å². The fourth-order valence-electron chi connectivity index (χ4n) is 1.64. The lowest BCUT2D eigenvalue weighted by molar-refractivity contribution is -0.118. The Morgan fingerprint density at radius 2 is 2.14 bits per heavy atom. The molecule has 2 aromatic carbocycles. The standard InChI is InChI=1S/C15H12FN3O2/c16-13-6-10(8-17)4-5-14(13)21-9-15(20)19-12-3-1-2-11(18)7-12/h1-7H,9,18H2,(H,19,20). The molecule has 0 bridgehead atoms. The van der Waals surface area contributed by atoms with Gasteiger partial charge in [0.15, 0.2) is 18.2 Å². The fourth-order valence-corrected chi connectivity index (χ4v) is 1.64. The zero-order chi connectivity index (χ0) is 15.2. The average molecular weight is 285 g/mol. The maximum absolute atomic E-state index is 13.5. The van der Waals surface area contributed by atoms with Gasteiger partial charge in [-0.1, -0.05) is 6.07 Å². The van der Waals surface area contributed by atoms with E-state index in [0.717, 1.165) is 6.07 Å². The Balaban J connectivity index is 1.94. The largest absolute Gasteiger partial charge is 0.481 e. The number of nitrogen functional groups attached to an aromatic ring is 1. The number of hydrogen-bond acceptors (Lipinski definition) is 4. The van der Waals surface area contributed by atoms with Crippen molar-refractivity contribution in [1.29, 1.82) is 5.26 Å². The van der Waals surface area contributed by atoms with Gasteiger partial charge in [0.1, 0.15) is 0 Å². The van der Waals surface area contributed by atoms with E-state index in [1.807, 2.05) is 6.07 Å². The van der Waals surface area contributed by atoms with Gasteiger partial charge in [0.2, 0.25) is 0 Å². The van der Waals surface area contributed by atoms with Crippen molar-refractivity contribution >= 4 is 17.3 Å². The Kier molecular flexibility index (Phi) is 4.36. The van der Waals surface area contributed by atoms with E-state index in [-0.39, 0.29) is 17.9 Å². The molecule has 21 heavy (non-hydrogen) atoms. The molecular weight excluding hydrogens is 273 g/mol. The Morgan fingerprint density at radius 1 is 1.33 bits per heavy atom. The van der Waals surface area contributed by atoms with E-state index in [4.69, 9.17) is 15.7 Å². The molecule has 3 N–H and O–H groups in total. The van der Waals surface area contributed by atoms with Crippen molar-refractivity contribution in [1.82, 2.24) is 0 Å². The summed E-state index contributed by atoms with van der Waals surface area (Å²) in [4.78, 5) is 11.7. The minimum absolute atomic E-state index is 0.0864. The van der Waals surface area contributed by atoms with E-state index in [9.17, 15) is 9.18 Å². The van der Waals surface area contributed by atoms with Crippen LogP contribution in [0.1, 0.15) is 5.56 Å². The van der Waals surface area contributed by atoms with Gasteiger partial charge in [-0.3, -0.25) is 4.79 Å². The summed E-state index contributed by atoms with van der Waals surface area (Å²) in [7, 11) is 0. The number of nitrogens with one attached hydrogen (secondary N) is 1. The lowest BCUT2D eigenvalue weighted by atomic mass is 10.2. The van der Waals surface area contributed by atoms with Crippen LogP contribution in [0, 0.1) is 17.1 Å². The smallest absolute Gasteiger partial charge is 0.262 e. The SMILES string of the molecule is N#Cc1ccc(OCC(=O)Nc2cccc(N)c2)c(F)c1. The minimum Gasteiger partial charge on any atom is -0.481 e. The van der Waals surface area contributed by atoms with E-state index >= 15 is 0 Å². The summed E-state index contributed by atoms with van der Waals surface area (Å²) in [6.45, 7) is -0.350. The van der Waals surface area contributed by atoms with Gasteiger partial charge in [-0.15, -0.1) is 0 Å². The number of ether oxygens (including phenoxy) is 1. The number of benzene rings is 2. The first kappa shape index (κ1) is 14.3. The highest BCUT2D eigenvalue weighted by Gasteiger charge is 2.08. The van der Waals surface area contributed by atoms with Crippen LogP contribution in [0.15, 0.2) is 42.5 Å². The highest BCUT2D eigenvalue weighted by atomic mass is 19.1. The quantitative estimate of drug-likeness (QED) is 0.844. The molecule has 2 rings (SSSR count). The zero-order valence-corrected chi connectivity index (χ0v) is 11.0. The van der Waals surface area contributed by atoms with Crippen molar-refractivity contribution in [2.45, 2.75) is 0 Å². The van der Waals surface area contributed by atoms with Gasteiger partial charge >= 0.3 is 0 Å². The number of nitrogens with zero attached hydrogens (tertiary/aromatic N) is 1. The number of rotatable bonds is 4. The molecule has 0 saturated carbocycles. The maximum Gasteiger partial charge on any atom is 0.262 e. The van der Waals surface area contributed by atoms with Crippen molar-refractivity contribution in [2.24, 2.45) is 0 Å². The van der Waals surface area contributed by atoms with Crippen LogP contribution in [0.25, 0.3) is 0 Å². The Bertz CT molecular complexity index is 710. The zero-order valence-electron chi connectivity index (χ0n) is 11.0. The highest BCUT2D eigenvalue weighted by molar-refractivity contribution is 5.92. The molecule has 0 spiro atoms. The van der Waals surface area contributed by atoms with E-state index in [1.54, 1.807) is 24.3 Å². The van der Waals surface area contributed by atoms with Gasteiger partial charge in [-0.05, 0) is 36.4 Å². The number of carbonyl (C=O) groups excluding carboxylic acids is 1. The van der Waals surface area contributed by atoms with E-state index in [2.05, 4.69) is 5.32 Å². The van der Waals surface area contributed by atoms with Gasteiger partial charge in [-0.25, -0.2) is 4.39 Å². The number of carbonyl (C=O) groups is 1. The van der Waals surface area contributed by atoms with Crippen LogP contribution in [0.4, 0.5) is 15.8 Å². The topological polar surface area (TPSA) is 88.1 Å². The third-order valence-electron chi connectivity index (χ3n) is 2.59. The predicted molar refractivity (Wildman–Crippen MR) is 76.1 cm³/mol. The Hall–Kier alpha value is -3.07. The molecule has 1 amide bonds. The van der Waals surface area contributed by atoms with Gasteiger partial charge in [-0.2, -0.15) is 5.26 Å². The lowest BCUT2D eigenvalue weighted by Gasteiger charge is -2.08. The molecule has 0 fully saturated rings. The van der Waals surface area contributed by atoms with Gasteiger partial charge in [0.05, 0.1) is 11.6 Å². The molecule has 0 heterocycles. The van der Waals surface area contributed by atoms with Crippen LogP contribution >= 0.6 is 0 Å². The summed E-state index contributed by atoms with van der Waals surface area (Å²) in [6.07, 6.45) is 0. The molecule has 0 aromatic heterocycles. The first-order valence-electron chi connectivity index (χ1n) is 6.06. The molecule has 0 radical (unpaired) electrons. The van der Waals surface area contributed by atoms with Gasteiger partial charge in [0.25, 0.3) is 5.91 Å². The number of nitrogens with two attached hydrogens (primary N) is 1. The van der Waals surface area contributed by atoms with Crippen molar-refractivity contribution in [3.05, 3.63) is 53.8 Å². The van der Waals surface area contributed by atoms with Crippen molar-refractivity contribution in [3.8, 4) is 11.8 Å². The van der Waals surface area contributed by atoms with Crippen LogP contribution in [0.2, 0.25) is 0 Å². The third kappa shape index (κ3) is 3.94. The Morgan fingerprint density at radius 3 is 2.81 bits per heavy atom. The number of halogens is 1. The second kappa shape index (κ2) is 6.39. The molecule has 106 valence electrons. The number of amides is 1. The molecule has 0 aliphatic heterocycles. The van der Waals surface area contributed by atoms with Gasteiger partial charge in [0, 0.05) is 11.4 Å². The summed E-state index contributed by atoms with van der Waals surface area (Å²) in [6, 6.07) is 12.2. The molecule has 0 saturated heterocycles. The van der Waals surface area contributed by atoms with E-state index < -0.39 is 11.7 Å². The van der Waals surface area contributed by atoms with Crippen LogP contribution < -0.4 is 15.8 Å².